The maximum atomic E-state index is 5.50. The molecule has 0 bridgehead atoms. The van der Waals surface area contributed by atoms with Crippen LogP contribution in [0, 0.1) is 11.8 Å². The van der Waals surface area contributed by atoms with E-state index in [1.54, 1.807) is 0 Å². The lowest BCUT2D eigenvalue weighted by Gasteiger charge is -2.34. The van der Waals surface area contributed by atoms with Crippen molar-refractivity contribution in [3.63, 3.8) is 0 Å². The van der Waals surface area contributed by atoms with Crippen LogP contribution in [0.5, 0.6) is 0 Å². The van der Waals surface area contributed by atoms with E-state index in [2.05, 4.69) is 32.3 Å². The highest BCUT2D eigenvalue weighted by Gasteiger charge is 2.24. The Balaban J connectivity index is 1.33. The van der Waals surface area contributed by atoms with Crippen LogP contribution in [-0.2, 0) is 4.74 Å². The van der Waals surface area contributed by atoms with E-state index >= 15 is 0 Å². The van der Waals surface area contributed by atoms with Crippen molar-refractivity contribution in [2.75, 3.05) is 57.9 Å². The molecule has 3 fully saturated rings. The van der Waals surface area contributed by atoms with Gasteiger partial charge in [-0.2, -0.15) is 11.8 Å². The number of rotatable bonds is 5. The zero-order chi connectivity index (χ0) is 16.6. The first kappa shape index (κ1) is 18.3. The number of thioether (sulfide) groups is 1. The van der Waals surface area contributed by atoms with E-state index in [0.717, 1.165) is 37.6 Å². The van der Waals surface area contributed by atoms with Gasteiger partial charge in [0.2, 0.25) is 0 Å². The number of ether oxygens (including phenoxy) is 1. The van der Waals surface area contributed by atoms with Gasteiger partial charge < -0.3 is 20.3 Å². The first-order chi connectivity index (χ1) is 11.8. The van der Waals surface area contributed by atoms with Gasteiger partial charge in [0, 0.05) is 45.9 Å². The van der Waals surface area contributed by atoms with Crippen LogP contribution in [0.25, 0.3) is 0 Å². The van der Waals surface area contributed by atoms with Crippen LogP contribution in [0.15, 0.2) is 4.99 Å². The molecular weight excluding hydrogens is 320 g/mol. The Morgan fingerprint density at radius 2 is 1.92 bits per heavy atom. The summed E-state index contributed by atoms with van der Waals surface area (Å²) in [6.45, 7) is 6.62. The summed E-state index contributed by atoms with van der Waals surface area (Å²) in [5, 5.41) is 7.20. The third-order valence-corrected chi connectivity index (χ3v) is 6.64. The molecule has 0 amide bonds. The standard InChI is InChI=1S/C18H34N4OS/c1-19-18(20-12-15-5-10-24-11-6-15)21-17-2-7-22(8-3-17)13-16-4-9-23-14-16/h15-17H,2-14H2,1H3,(H2,19,20,21). The second kappa shape index (κ2) is 9.88. The van der Waals surface area contributed by atoms with Gasteiger partial charge in [0.15, 0.2) is 5.96 Å². The molecule has 0 aromatic heterocycles. The van der Waals surface area contributed by atoms with E-state index in [1.165, 1.54) is 63.2 Å². The van der Waals surface area contributed by atoms with Gasteiger partial charge in [-0.1, -0.05) is 0 Å². The quantitative estimate of drug-likeness (QED) is 0.582. The molecule has 3 saturated heterocycles. The number of likely N-dealkylation sites (tertiary alicyclic amines) is 1. The van der Waals surface area contributed by atoms with Crippen molar-refractivity contribution in [1.82, 2.24) is 15.5 Å². The molecule has 3 rings (SSSR count). The molecule has 0 spiro atoms. The van der Waals surface area contributed by atoms with E-state index in [0.29, 0.717) is 6.04 Å². The molecule has 3 heterocycles. The topological polar surface area (TPSA) is 48.9 Å². The second-order valence-electron chi connectivity index (χ2n) is 7.46. The molecule has 0 radical (unpaired) electrons. The van der Waals surface area contributed by atoms with Crippen molar-refractivity contribution in [2.45, 2.75) is 38.1 Å². The van der Waals surface area contributed by atoms with Crippen LogP contribution < -0.4 is 10.6 Å². The number of nitrogens with one attached hydrogen (secondary N) is 2. The summed E-state index contributed by atoms with van der Waals surface area (Å²) in [6.07, 6.45) is 6.37. The molecular formula is C18H34N4OS. The van der Waals surface area contributed by atoms with Gasteiger partial charge in [0.1, 0.15) is 0 Å². The average molecular weight is 355 g/mol. The number of hydrogen-bond acceptors (Lipinski definition) is 4. The number of nitrogens with zero attached hydrogens (tertiary/aromatic N) is 2. The zero-order valence-electron chi connectivity index (χ0n) is 15.1. The number of aliphatic imine (C=N–C) groups is 1. The van der Waals surface area contributed by atoms with E-state index in [9.17, 15) is 0 Å². The Morgan fingerprint density at radius 1 is 1.12 bits per heavy atom. The van der Waals surface area contributed by atoms with Gasteiger partial charge in [-0.25, -0.2) is 0 Å². The van der Waals surface area contributed by atoms with Crippen LogP contribution in [-0.4, -0.2) is 74.8 Å². The van der Waals surface area contributed by atoms with Crippen LogP contribution in [0.2, 0.25) is 0 Å². The SMILES string of the molecule is CN=C(NCC1CCSCC1)NC1CCN(CC2CCOC2)CC1. The fourth-order valence-corrected chi connectivity index (χ4v) is 5.14. The lowest BCUT2D eigenvalue weighted by atomic mass is 10.0. The fraction of sp³-hybridized carbons (Fsp3) is 0.944. The fourth-order valence-electron chi connectivity index (χ4n) is 3.93. The van der Waals surface area contributed by atoms with Crippen molar-refractivity contribution >= 4 is 17.7 Å². The lowest BCUT2D eigenvalue weighted by molar-refractivity contribution is 0.150. The summed E-state index contributed by atoms with van der Waals surface area (Å²) in [5.41, 5.74) is 0. The Labute approximate surface area is 151 Å². The Morgan fingerprint density at radius 3 is 2.58 bits per heavy atom. The van der Waals surface area contributed by atoms with E-state index in [-0.39, 0.29) is 0 Å². The summed E-state index contributed by atoms with van der Waals surface area (Å²) in [7, 11) is 1.89. The molecule has 138 valence electrons. The molecule has 0 aliphatic carbocycles. The van der Waals surface area contributed by atoms with Crippen LogP contribution in [0.3, 0.4) is 0 Å². The van der Waals surface area contributed by atoms with Crippen molar-refractivity contribution in [3.8, 4) is 0 Å². The van der Waals surface area contributed by atoms with Gasteiger partial charge in [0.05, 0.1) is 6.61 Å². The molecule has 0 saturated carbocycles. The van der Waals surface area contributed by atoms with Gasteiger partial charge in [-0.3, -0.25) is 4.99 Å². The molecule has 3 aliphatic heterocycles. The maximum Gasteiger partial charge on any atom is 0.191 e. The molecule has 1 unspecified atom stereocenters. The first-order valence-electron chi connectivity index (χ1n) is 9.68. The van der Waals surface area contributed by atoms with Gasteiger partial charge >= 0.3 is 0 Å². The Kier molecular flexibility index (Phi) is 7.55. The summed E-state index contributed by atoms with van der Waals surface area (Å²) in [6, 6.07) is 0.564. The summed E-state index contributed by atoms with van der Waals surface area (Å²) >= 11 is 2.09. The van der Waals surface area contributed by atoms with Crippen LogP contribution in [0.1, 0.15) is 32.1 Å². The Bertz CT molecular complexity index is 386. The van der Waals surface area contributed by atoms with E-state index in [1.807, 2.05) is 7.05 Å². The Hall–Kier alpha value is -0.460. The largest absolute Gasteiger partial charge is 0.381 e. The molecule has 0 aromatic carbocycles. The van der Waals surface area contributed by atoms with Crippen molar-refractivity contribution < 1.29 is 4.74 Å². The summed E-state index contributed by atoms with van der Waals surface area (Å²) < 4.78 is 5.50. The predicted molar refractivity (Wildman–Crippen MR) is 103 cm³/mol. The van der Waals surface area contributed by atoms with Crippen molar-refractivity contribution in [1.29, 1.82) is 0 Å². The minimum absolute atomic E-state index is 0.564. The number of hydrogen-bond donors (Lipinski definition) is 2. The van der Waals surface area contributed by atoms with Crippen LogP contribution >= 0.6 is 11.8 Å². The van der Waals surface area contributed by atoms with Gasteiger partial charge in [0.25, 0.3) is 0 Å². The molecule has 2 N–H and O–H groups in total. The third-order valence-electron chi connectivity index (χ3n) is 5.59. The molecule has 6 heteroatoms. The van der Waals surface area contributed by atoms with Gasteiger partial charge in [-0.15, -0.1) is 0 Å². The summed E-state index contributed by atoms with van der Waals surface area (Å²) in [4.78, 5) is 7.05. The highest BCUT2D eigenvalue weighted by molar-refractivity contribution is 7.99. The highest BCUT2D eigenvalue weighted by atomic mass is 32.2. The van der Waals surface area contributed by atoms with Crippen molar-refractivity contribution in [3.05, 3.63) is 0 Å². The van der Waals surface area contributed by atoms with Gasteiger partial charge in [-0.05, 0) is 55.4 Å². The van der Waals surface area contributed by atoms with E-state index in [4.69, 9.17) is 4.74 Å². The molecule has 1 atom stereocenters. The maximum absolute atomic E-state index is 5.50. The number of piperidine rings is 1. The van der Waals surface area contributed by atoms with E-state index < -0.39 is 0 Å². The van der Waals surface area contributed by atoms with Crippen LogP contribution in [0.4, 0.5) is 0 Å². The minimum atomic E-state index is 0.564. The van der Waals surface area contributed by atoms with Crippen molar-refractivity contribution in [2.24, 2.45) is 16.8 Å². The normalized spacial score (nSPS) is 28.2. The average Bonchev–Trinajstić information content (AvgIpc) is 3.14. The second-order valence-corrected chi connectivity index (χ2v) is 8.68. The minimum Gasteiger partial charge on any atom is -0.381 e. The predicted octanol–water partition coefficient (Wildman–Crippen LogP) is 1.80. The first-order valence-corrected chi connectivity index (χ1v) is 10.8. The summed E-state index contributed by atoms with van der Waals surface area (Å²) in [5.74, 6) is 5.22. The third kappa shape index (κ3) is 5.81. The molecule has 24 heavy (non-hydrogen) atoms. The smallest absolute Gasteiger partial charge is 0.191 e. The number of guanidine groups is 1. The molecule has 0 aromatic rings. The highest BCUT2D eigenvalue weighted by Crippen LogP contribution is 2.22. The monoisotopic (exact) mass is 354 g/mol. The zero-order valence-corrected chi connectivity index (χ0v) is 16.0. The molecule has 5 nitrogen and oxygen atoms in total. The lowest BCUT2D eigenvalue weighted by Crippen LogP contribution is -2.50. The molecule has 3 aliphatic rings.